The molecule has 0 saturated carbocycles. The van der Waals surface area contributed by atoms with Crippen molar-refractivity contribution >= 4 is 26.0 Å². The maximum absolute atomic E-state index is 11.6. The summed E-state index contributed by atoms with van der Waals surface area (Å²) in [4.78, 5) is 0. The van der Waals surface area contributed by atoms with Crippen molar-refractivity contribution in [2.75, 3.05) is 12.8 Å². The molecule has 8 heteroatoms. The van der Waals surface area contributed by atoms with Crippen LogP contribution >= 0.6 is 15.9 Å². The molecular weight excluding hydrogens is 356 g/mol. The predicted molar refractivity (Wildman–Crippen MR) is 82.2 cm³/mol. The molecule has 2 heterocycles. The Balaban J connectivity index is 1.84. The van der Waals surface area contributed by atoms with E-state index in [1.54, 1.807) is 0 Å². The Hall–Kier alpha value is -1.25. The van der Waals surface area contributed by atoms with Gasteiger partial charge in [-0.1, -0.05) is 28.1 Å². The summed E-state index contributed by atoms with van der Waals surface area (Å²) in [7, 11) is -3.18. The van der Waals surface area contributed by atoms with Crippen LogP contribution in [0, 0.1) is 0 Å². The van der Waals surface area contributed by atoms with Crippen molar-refractivity contribution in [3.8, 4) is 0 Å². The fourth-order valence-electron chi connectivity index (χ4n) is 2.44. The highest BCUT2D eigenvalue weighted by molar-refractivity contribution is 9.10. The average molecular weight is 371 g/mol. The zero-order chi connectivity index (χ0) is 15.0. The lowest BCUT2D eigenvalue weighted by Gasteiger charge is -2.25. The molecule has 0 N–H and O–H groups in total. The Labute approximate surface area is 132 Å². The summed E-state index contributed by atoms with van der Waals surface area (Å²) in [5, 5.41) is 8.35. The van der Waals surface area contributed by atoms with Gasteiger partial charge in [-0.15, -0.1) is 10.2 Å². The summed E-state index contributed by atoms with van der Waals surface area (Å²) in [6.45, 7) is 1.36. The topological polar surface area (TPSA) is 68.1 Å². The van der Waals surface area contributed by atoms with Crippen LogP contribution in [0.3, 0.4) is 0 Å². The molecule has 0 unspecified atom stereocenters. The van der Waals surface area contributed by atoms with Crippen LogP contribution < -0.4 is 0 Å². The number of rotatable bonds is 3. The summed E-state index contributed by atoms with van der Waals surface area (Å²) < 4.78 is 27.7. The molecule has 0 aliphatic carbocycles. The quantitative estimate of drug-likeness (QED) is 0.818. The van der Waals surface area contributed by atoms with Gasteiger partial charge in [-0.05, 0) is 17.7 Å². The van der Waals surface area contributed by atoms with Crippen LogP contribution in [0.1, 0.15) is 17.2 Å². The zero-order valence-electron chi connectivity index (χ0n) is 11.5. The number of sulfonamides is 1. The summed E-state index contributed by atoms with van der Waals surface area (Å²) in [6.07, 6.45) is 1.91. The van der Waals surface area contributed by atoms with Crippen molar-refractivity contribution in [3.63, 3.8) is 0 Å². The van der Waals surface area contributed by atoms with Crippen LogP contribution in [0.15, 0.2) is 28.7 Å². The molecule has 3 rings (SSSR count). The van der Waals surface area contributed by atoms with E-state index in [0.717, 1.165) is 15.9 Å². The van der Waals surface area contributed by atoms with E-state index < -0.39 is 10.0 Å². The number of benzene rings is 1. The molecule has 1 aromatic carbocycles. The van der Waals surface area contributed by atoms with Crippen LogP contribution in [0.4, 0.5) is 0 Å². The van der Waals surface area contributed by atoms with Gasteiger partial charge in [0.25, 0.3) is 0 Å². The Morgan fingerprint density at radius 2 is 2.10 bits per heavy atom. The molecule has 6 nitrogen and oxygen atoms in total. The summed E-state index contributed by atoms with van der Waals surface area (Å²) in [5.41, 5.74) is 1.14. The summed E-state index contributed by atoms with van der Waals surface area (Å²) >= 11 is 3.45. The van der Waals surface area contributed by atoms with E-state index >= 15 is 0 Å². The molecule has 0 bridgehead atoms. The van der Waals surface area contributed by atoms with E-state index in [2.05, 4.69) is 26.1 Å². The van der Waals surface area contributed by atoms with Gasteiger partial charge in [0.1, 0.15) is 11.6 Å². The van der Waals surface area contributed by atoms with Crippen molar-refractivity contribution in [3.05, 3.63) is 46.0 Å². The van der Waals surface area contributed by atoms with Gasteiger partial charge >= 0.3 is 0 Å². The molecule has 0 atom stereocenters. The maximum atomic E-state index is 11.6. The number of hydrogen-bond acceptors (Lipinski definition) is 4. The minimum atomic E-state index is -3.18. The second-order valence-corrected chi connectivity index (χ2v) is 7.99. The molecule has 0 saturated heterocycles. The molecule has 0 spiro atoms. The van der Waals surface area contributed by atoms with Crippen LogP contribution in [-0.4, -0.2) is 40.3 Å². The van der Waals surface area contributed by atoms with Crippen molar-refractivity contribution in [1.82, 2.24) is 19.1 Å². The van der Waals surface area contributed by atoms with Crippen LogP contribution in [-0.2, 0) is 29.5 Å². The van der Waals surface area contributed by atoms with Crippen LogP contribution in [0.25, 0.3) is 0 Å². The Bertz CT molecular complexity index is 772. The number of nitrogens with zero attached hydrogens (tertiary/aromatic N) is 4. The average Bonchev–Trinajstić information content (AvgIpc) is 2.80. The van der Waals surface area contributed by atoms with Crippen LogP contribution in [0.5, 0.6) is 0 Å². The van der Waals surface area contributed by atoms with Crippen molar-refractivity contribution < 1.29 is 8.42 Å². The van der Waals surface area contributed by atoms with E-state index in [1.807, 2.05) is 28.8 Å². The fourth-order valence-corrected chi connectivity index (χ4v) is 3.65. The SMILES string of the molecule is CS(=O)(=O)N1CCn2c(Cc3cccc(Br)c3)nnc2C1. The van der Waals surface area contributed by atoms with E-state index in [0.29, 0.717) is 31.9 Å². The van der Waals surface area contributed by atoms with Gasteiger partial charge in [-0.25, -0.2) is 8.42 Å². The standard InChI is InChI=1S/C13H15BrN4O2S/c1-21(19,20)17-5-6-18-12(15-16-13(18)9-17)8-10-3-2-4-11(14)7-10/h2-4,7H,5-6,8-9H2,1H3. The first-order valence-electron chi connectivity index (χ1n) is 6.54. The molecule has 21 heavy (non-hydrogen) atoms. The third-order valence-corrected chi connectivity index (χ3v) is 5.26. The smallest absolute Gasteiger partial charge is 0.211 e. The molecule has 2 aromatic rings. The third-order valence-electron chi connectivity index (χ3n) is 3.52. The van der Waals surface area contributed by atoms with E-state index in [-0.39, 0.29) is 0 Å². The first kappa shape index (κ1) is 14.7. The predicted octanol–water partition coefficient (Wildman–Crippen LogP) is 1.41. The second kappa shape index (κ2) is 5.51. The van der Waals surface area contributed by atoms with Gasteiger partial charge in [0.2, 0.25) is 10.0 Å². The first-order chi connectivity index (χ1) is 9.93. The van der Waals surface area contributed by atoms with E-state index in [9.17, 15) is 8.42 Å². The van der Waals surface area contributed by atoms with Gasteiger partial charge in [-0.3, -0.25) is 0 Å². The minimum Gasteiger partial charge on any atom is -0.312 e. The highest BCUT2D eigenvalue weighted by Crippen LogP contribution is 2.18. The van der Waals surface area contributed by atoms with Gasteiger partial charge in [0.15, 0.2) is 0 Å². The molecule has 1 aromatic heterocycles. The van der Waals surface area contributed by atoms with Gasteiger partial charge < -0.3 is 4.57 Å². The molecule has 0 radical (unpaired) electrons. The van der Waals surface area contributed by atoms with E-state index in [1.165, 1.54) is 10.6 Å². The molecule has 1 aliphatic heterocycles. The third kappa shape index (κ3) is 3.17. The second-order valence-electron chi connectivity index (χ2n) is 5.09. The number of fused-ring (bicyclic) bond motifs is 1. The van der Waals surface area contributed by atoms with Crippen molar-refractivity contribution in [1.29, 1.82) is 0 Å². The number of aromatic nitrogens is 3. The Kier molecular flexibility index (Phi) is 3.85. The monoisotopic (exact) mass is 370 g/mol. The summed E-state index contributed by atoms with van der Waals surface area (Å²) in [5.74, 6) is 1.58. The zero-order valence-corrected chi connectivity index (χ0v) is 13.9. The lowest BCUT2D eigenvalue weighted by Crippen LogP contribution is -2.38. The molecule has 0 fully saturated rings. The van der Waals surface area contributed by atoms with Gasteiger partial charge in [0, 0.05) is 24.0 Å². The molecule has 0 amide bonds. The van der Waals surface area contributed by atoms with Gasteiger partial charge in [0.05, 0.1) is 12.8 Å². The molecule has 1 aliphatic rings. The number of hydrogen-bond donors (Lipinski definition) is 0. The largest absolute Gasteiger partial charge is 0.312 e. The van der Waals surface area contributed by atoms with Crippen molar-refractivity contribution in [2.45, 2.75) is 19.5 Å². The molecule has 112 valence electrons. The Morgan fingerprint density at radius 1 is 1.29 bits per heavy atom. The highest BCUT2D eigenvalue weighted by Gasteiger charge is 2.26. The minimum absolute atomic E-state index is 0.296. The first-order valence-corrected chi connectivity index (χ1v) is 9.18. The lowest BCUT2D eigenvalue weighted by atomic mass is 10.1. The summed E-state index contributed by atoms with van der Waals surface area (Å²) in [6, 6.07) is 8.05. The van der Waals surface area contributed by atoms with Crippen LogP contribution in [0.2, 0.25) is 0 Å². The Morgan fingerprint density at radius 3 is 2.81 bits per heavy atom. The highest BCUT2D eigenvalue weighted by atomic mass is 79.9. The van der Waals surface area contributed by atoms with Gasteiger partial charge in [-0.2, -0.15) is 4.31 Å². The normalized spacial score (nSPS) is 15.9. The maximum Gasteiger partial charge on any atom is 0.211 e. The van der Waals surface area contributed by atoms with Crippen molar-refractivity contribution in [2.24, 2.45) is 0 Å². The molecular formula is C13H15BrN4O2S. The number of halogens is 1. The van der Waals surface area contributed by atoms with E-state index in [4.69, 9.17) is 0 Å². The fraction of sp³-hybridized carbons (Fsp3) is 0.385. The lowest BCUT2D eigenvalue weighted by molar-refractivity contribution is 0.334.